The van der Waals surface area contributed by atoms with E-state index in [1.54, 1.807) is 0 Å². The lowest BCUT2D eigenvalue weighted by Crippen LogP contribution is -2.28. The van der Waals surface area contributed by atoms with Crippen molar-refractivity contribution in [3.63, 3.8) is 0 Å². The first-order valence-electron chi connectivity index (χ1n) is 4.46. The summed E-state index contributed by atoms with van der Waals surface area (Å²) in [4.78, 5) is 38.2. The molecule has 1 atom stereocenters. The fourth-order valence-corrected chi connectivity index (χ4v) is 1.64. The van der Waals surface area contributed by atoms with E-state index in [9.17, 15) is 14.4 Å². The maximum atomic E-state index is 11.4. The van der Waals surface area contributed by atoms with Crippen molar-refractivity contribution in [2.45, 2.75) is 31.8 Å². The van der Waals surface area contributed by atoms with Gasteiger partial charge in [-0.1, -0.05) is 6.42 Å². The molecular weight excluding hydrogens is 184 g/mol. The van der Waals surface area contributed by atoms with Crippen LogP contribution in [-0.4, -0.2) is 24.1 Å². The van der Waals surface area contributed by atoms with Gasteiger partial charge in [0.15, 0.2) is 6.17 Å². The van der Waals surface area contributed by atoms with E-state index < -0.39 is 12.1 Å². The number of rotatable bonds is 3. The van der Waals surface area contributed by atoms with Crippen molar-refractivity contribution in [1.82, 2.24) is 0 Å². The zero-order valence-electron chi connectivity index (χ0n) is 7.60. The third-order valence-electron chi connectivity index (χ3n) is 2.33. The highest BCUT2D eigenvalue weighted by Crippen LogP contribution is 2.25. The number of isocyanates is 2. The van der Waals surface area contributed by atoms with Crippen LogP contribution in [0.3, 0.4) is 0 Å². The van der Waals surface area contributed by atoms with Gasteiger partial charge in [-0.2, -0.15) is 9.98 Å². The average molecular weight is 194 g/mol. The van der Waals surface area contributed by atoms with Crippen molar-refractivity contribution in [2.75, 3.05) is 0 Å². The van der Waals surface area contributed by atoms with Gasteiger partial charge in [0.05, 0.1) is 5.92 Å². The Kier molecular flexibility index (Phi) is 3.92. The molecule has 0 aromatic heterocycles. The topological polar surface area (TPSA) is 75.9 Å². The number of carbonyl (C=O) groups is 1. The molecule has 0 amide bonds. The van der Waals surface area contributed by atoms with Gasteiger partial charge in [-0.3, -0.25) is 4.79 Å². The third kappa shape index (κ3) is 2.46. The quantitative estimate of drug-likeness (QED) is 0.491. The Balaban J connectivity index is 2.79. The van der Waals surface area contributed by atoms with Crippen LogP contribution in [0.25, 0.3) is 0 Å². The molecule has 0 spiro atoms. The minimum Gasteiger partial charge on any atom is -0.299 e. The molecule has 0 heterocycles. The molecule has 0 aliphatic heterocycles. The number of nitrogens with zero attached hydrogens (tertiary/aromatic N) is 2. The Morgan fingerprint density at radius 2 is 1.86 bits per heavy atom. The van der Waals surface area contributed by atoms with Gasteiger partial charge in [0.2, 0.25) is 12.2 Å². The first-order valence-corrected chi connectivity index (χ1v) is 4.46. The standard InChI is InChI=1S/C9H10N2O3/c12-5-10-9(11-6-13)7-3-1-2-4-8(7)14/h7,9H,1-4H2. The molecule has 0 N–H and O–H groups in total. The summed E-state index contributed by atoms with van der Waals surface area (Å²) < 4.78 is 0. The van der Waals surface area contributed by atoms with Gasteiger partial charge < -0.3 is 0 Å². The lowest BCUT2D eigenvalue weighted by Gasteiger charge is -2.21. The lowest BCUT2D eigenvalue weighted by atomic mass is 9.86. The maximum absolute atomic E-state index is 11.4. The van der Waals surface area contributed by atoms with E-state index in [2.05, 4.69) is 9.98 Å². The highest BCUT2D eigenvalue weighted by molar-refractivity contribution is 5.82. The molecule has 1 aliphatic carbocycles. The molecule has 1 aliphatic rings. The second-order valence-corrected chi connectivity index (χ2v) is 3.17. The van der Waals surface area contributed by atoms with E-state index in [1.807, 2.05) is 0 Å². The molecule has 5 heteroatoms. The molecule has 0 aromatic rings. The van der Waals surface area contributed by atoms with Gasteiger partial charge in [-0.15, -0.1) is 0 Å². The summed E-state index contributed by atoms with van der Waals surface area (Å²) in [6, 6.07) is 0. The molecule has 1 fully saturated rings. The average Bonchev–Trinajstić information content (AvgIpc) is 2.18. The molecule has 5 nitrogen and oxygen atoms in total. The molecule has 74 valence electrons. The Morgan fingerprint density at radius 3 is 2.36 bits per heavy atom. The summed E-state index contributed by atoms with van der Waals surface area (Å²) in [5.74, 6) is -0.425. The van der Waals surface area contributed by atoms with Crippen LogP contribution in [0.15, 0.2) is 9.98 Å². The molecule has 1 rings (SSSR count). The van der Waals surface area contributed by atoms with Gasteiger partial charge >= 0.3 is 0 Å². The minimum absolute atomic E-state index is 0.0132. The van der Waals surface area contributed by atoms with Crippen molar-refractivity contribution in [3.8, 4) is 0 Å². The van der Waals surface area contributed by atoms with Crippen LogP contribution >= 0.6 is 0 Å². The van der Waals surface area contributed by atoms with Crippen molar-refractivity contribution in [1.29, 1.82) is 0 Å². The summed E-state index contributed by atoms with van der Waals surface area (Å²) >= 11 is 0. The van der Waals surface area contributed by atoms with E-state index in [0.29, 0.717) is 12.8 Å². The maximum Gasteiger partial charge on any atom is 0.237 e. The summed E-state index contributed by atoms with van der Waals surface area (Å²) in [5.41, 5.74) is 0. The van der Waals surface area contributed by atoms with Crippen LogP contribution in [0.1, 0.15) is 25.7 Å². The number of ketones is 1. The van der Waals surface area contributed by atoms with Gasteiger partial charge in [-0.05, 0) is 12.8 Å². The second kappa shape index (κ2) is 5.22. The summed E-state index contributed by atoms with van der Waals surface area (Å²) in [5, 5.41) is 0. The van der Waals surface area contributed by atoms with Crippen LogP contribution in [0.2, 0.25) is 0 Å². The van der Waals surface area contributed by atoms with Crippen molar-refractivity contribution >= 4 is 17.9 Å². The normalized spacial score (nSPS) is 23.1. The Hall–Kier alpha value is -1.57. The fraction of sp³-hybridized carbons (Fsp3) is 0.667. The minimum atomic E-state index is -0.905. The fourth-order valence-electron chi connectivity index (χ4n) is 1.64. The number of Topliss-reactive ketones (excluding diaryl/α,β-unsaturated/α-hetero) is 1. The van der Waals surface area contributed by atoms with Crippen LogP contribution in [0, 0.1) is 5.92 Å². The summed E-state index contributed by atoms with van der Waals surface area (Å²) in [7, 11) is 0. The Labute approximate surface area is 80.9 Å². The van der Waals surface area contributed by atoms with Gasteiger partial charge in [0, 0.05) is 6.42 Å². The molecular formula is C9H10N2O3. The zero-order chi connectivity index (χ0) is 10.4. The van der Waals surface area contributed by atoms with E-state index in [-0.39, 0.29) is 5.78 Å². The predicted octanol–water partition coefficient (Wildman–Crippen LogP) is 0.743. The van der Waals surface area contributed by atoms with Crippen molar-refractivity contribution in [3.05, 3.63) is 0 Å². The highest BCUT2D eigenvalue weighted by atomic mass is 16.1. The molecule has 0 bridgehead atoms. The summed E-state index contributed by atoms with van der Waals surface area (Å²) in [6.45, 7) is 0. The molecule has 0 saturated heterocycles. The van der Waals surface area contributed by atoms with Gasteiger partial charge in [0.25, 0.3) is 0 Å². The number of hydrogen-bond donors (Lipinski definition) is 0. The number of hydrogen-bond acceptors (Lipinski definition) is 5. The largest absolute Gasteiger partial charge is 0.299 e. The van der Waals surface area contributed by atoms with Crippen molar-refractivity contribution < 1.29 is 14.4 Å². The highest BCUT2D eigenvalue weighted by Gasteiger charge is 2.30. The first-order chi connectivity index (χ1) is 6.79. The zero-order valence-corrected chi connectivity index (χ0v) is 7.60. The van der Waals surface area contributed by atoms with Gasteiger partial charge in [0.1, 0.15) is 5.78 Å². The molecule has 0 radical (unpaired) electrons. The van der Waals surface area contributed by atoms with Crippen molar-refractivity contribution in [2.24, 2.45) is 15.9 Å². The molecule has 0 aromatic carbocycles. The summed E-state index contributed by atoms with van der Waals surface area (Å²) in [6.07, 6.45) is 4.59. The monoisotopic (exact) mass is 194 g/mol. The SMILES string of the molecule is O=C=NC(N=C=O)C1CCCCC1=O. The second-order valence-electron chi connectivity index (χ2n) is 3.17. The number of aliphatic imine (C=N–C) groups is 2. The van der Waals surface area contributed by atoms with Gasteiger partial charge in [-0.25, -0.2) is 9.59 Å². The van der Waals surface area contributed by atoms with Crippen LogP contribution in [0.4, 0.5) is 0 Å². The van der Waals surface area contributed by atoms with Crippen LogP contribution in [0.5, 0.6) is 0 Å². The predicted molar refractivity (Wildman–Crippen MR) is 47.0 cm³/mol. The Bertz CT molecular complexity index is 296. The van der Waals surface area contributed by atoms with E-state index in [4.69, 9.17) is 0 Å². The lowest BCUT2D eigenvalue weighted by molar-refractivity contribution is -0.125. The number of carbonyl (C=O) groups excluding carboxylic acids is 3. The van der Waals surface area contributed by atoms with E-state index >= 15 is 0 Å². The van der Waals surface area contributed by atoms with Crippen LogP contribution < -0.4 is 0 Å². The Morgan fingerprint density at radius 1 is 1.21 bits per heavy atom. The molecule has 1 unspecified atom stereocenters. The first kappa shape index (κ1) is 10.5. The molecule has 1 saturated carbocycles. The van der Waals surface area contributed by atoms with E-state index in [1.165, 1.54) is 12.2 Å². The smallest absolute Gasteiger partial charge is 0.237 e. The molecule has 14 heavy (non-hydrogen) atoms. The van der Waals surface area contributed by atoms with Crippen LogP contribution in [-0.2, 0) is 14.4 Å². The third-order valence-corrected chi connectivity index (χ3v) is 2.33. The van der Waals surface area contributed by atoms with E-state index in [0.717, 1.165) is 12.8 Å².